The number of allylic oxidation sites excluding steroid dienone is 1. The first-order valence-corrected chi connectivity index (χ1v) is 11.9. The maximum absolute atomic E-state index is 13.4. The third kappa shape index (κ3) is 4.52. The quantitative estimate of drug-likeness (QED) is 0.390. The minimum Gasteiger partial charge on any atom is -0.328 e. The van der Waals surface area contributed by atoms with Crippen LogP contribution in [-0.2, 0) is 10.5 Å². The van der Waals surface area contributed by atoms with E-state index in [-0.39, 0.29) is 5.91 Å². The molecule has 0 fully saturated rings. The number of benzene rings is 1. The molecule has 1 aliphatic rings. The molecule has 1 aromatic carbocycles. The maximum atomic E-state index is 13.4. The van der Waals surface area contributed by atoms with E-state index in [1.54, 1.807) is 29.2 Å². The van der Waals surface area contributed by atoms with E-state index < -0.39 is 6.04 Å². The van der Waals surface area contributed by atoms with Crippen LogP contribution < -0.4 is 15.6 Å². The lowest BCUT2D eigenvalue weighted by Crippen LogP contribution is -2.34. The highest BCUT2D eigenvalue weighted by atomic mass is 35.5. The van der Waals surface area contributed by atoms with E-state index in [4.69, 9.17) is 16.7 Å². The van der Waals surface area contributed by atoms with Gasteiger partial charge in [-0.25, -0.2) is 9.67 Å². The highest BCUT2D eigenvalue weighted by Crippen LogP contribution is 2.36. The number of pyridine rings is 2. The number of aromatic nitrogens is 5. The Morgan fingerprint density at radius 2 is 2.06 bits per heavy atom. The molecule has 1 aliphatic heterocycles. The van der Waals surface area contributed by atoms with Crippen molar-refractivity contribution in [1.82, 2.24) is 19.7 Å². The Morgan fingerprint density at radius 1 is 1.21 bits per heavy atom. The van der Waals surface area contributed by atoms with E-state index in [1.165, 1.54) is 11.8 Å². The van der Waals surface area contributed by atoms with Gasteiger partial charge in [-0.1, -0.05) is 47.6 Å². The number of carbonyl (C=O) groups is 1. The predicted molar refractivity (Wildman–Crippen MR) is 131 cm³/mol. The van der Waals surface area contributed by atoms with Gasteiger partial charge in [0.2, 0.25) is 16.8 Å². The van der Waals surface area contributed by atoms with Crippen LogP contribution in [0.15, 0.2) is 89.6 Å². The van der Waals surface area contributed by atoms with Crippen molar-refractivity contribution in [3.05, 3.63) is 101 Å². The molecule has 170 valence electrons. The number of fused-ring (bicyclic) bond motifs is 1. The van der Waals surface area contributed by atoms with E-state index in [1.807, 2.05) is 55.6 Å². The summed E-state index contributed by atoms with van der Waals surface area (Å²) >= 11 is 7.79. The number of hydrogen-bond acceptors (Lipinski definition) is 6. The summed E-state index contributed by atoms with van der Waals surface area (Å²) in [6.45, 7) is 1.86. The predicted octanol–water partition coefficient (Wildman–Crippen LogP) is 4.36. The molecular formula is C24H21ClN7OS+. The summed E-state index contributed by atoms with van der Waals surface area (Å²) in [4.78, 5) is 25.4. The van der Waals surface area contributed by atoms with E-state index in [9.17, 15) is 4.79 Å². The topological polar surface area (TPSA) is 98.9 Å². The van der Waals surface area contributed by atoms with Crippen LogP contribution in [0.1, 0.15) is 24.2 Å². The lowest BCUT2D eigenvalue weighted by Gasteiger charge is -2.25. The number of thioether (sulfide) groups is 1. The van der Waals surface area contributed by atoms with Crippen molar-refractivity contribution in [2.75, 3.05) is 10.6 Å². The average Bonchev–Trinajstić information content (AvgIpc) is 3.26. The van der Waals surface area contributed by atoms with Gasteiger partial charge in [0.05, 0.1) is 17.5 Å². The number of nitrogens with one attached hydrogen (secondary N) is 3. The molecule has 4 heterocycles. The second kappa shape index (κ2) is 9.66. The van der Waals surface area contributed by atoms with Crippen LogP contribution in [0.2, 0.25) is 5.02 Å². The summed E-state index contributed by atoms with van der Waals surface area (Å²) in [5.74, 6) is 0.956. The lowest BCUT2D eigenvalue weighted by atomic mass is 9.98. The minimum atomic E-state index is -0.490. The Morgan fingerprint density at radius 3 is 2.82 bits per heavy atom. The van der Waals surface area contributed by atoms with Crippen LogP contribution in [0.3, 0.4) is 0 Å². The number of carbonyl (C=O) groups excluding carboxylic acids is 1. The third-order valence-corrected chi connectivity index (χ3v) is 6.59. The molecule has 10 heteroatoms. The molecule has 0 radical (unpaired) electrons. The van der Waals surface area contributed by atoms with Crippen molar-refractivity contribution < 1.29 is 9.78 Å². The molecule has 1 atom stereocenters. The fraction of sp³-hybridized carbons (Fsp3) is 0.125. The van der Waals surface area contributed by atoms with Crippen molar-refractivity contribution in [3.8, 4) is 0 Å². The Labute approximate surface area is 205 Å². The number of H-pyrrole nitrogens is 1. The van der Waals surface area contributed by atoms with Gasteiger partial charge in [0.1, 0.15) is 0 Å². The van der Waals surface area contributed by atoms with Crippen molar-refractivity contribution >= 4 is 40.9 Å². The molecule has 3 aromatic heterocycles. The van der Waals surface area contributed by atoms with Gasteiger partial charge in [-0.3, -0.25) is 9.78 Å². The fourth-order valence-corrected chi connectivity index (χ4v) is 4.86. The monoisotopic (exact) mass is 490 g/mol. The Balaban J connectivity index is 1.48. The number of rotatable bonds is 6. The second-order valence-corrected chi connectivity index (χ2v) is 8.97. The molecule has 3 N–H and O–H groups in total. The summed E-state index contributed by atoms with van der Waals surface area (Å²) < 4.78 is 1.74. The summed E-state index contributed by atoms with van der Waals surface area (Å²) in [5, 5.41) is 12.2. The van der Waals surface area contributed by atoms with Crippen LogP contribution >= 0.6 is 23.4 Å². The van der Waals surface area contributed by atoms with Gasteiger partial charge >= 0.3 is 0 Å². The number of halogens is 1. The zero-order chi connectivity index (χ0) is 23.5. The van der Waals surface area contributed by atoms with E-state index in [0.29, 0.717) is 38.8 Å². The fourth-order valence-electron chi connectivity index (χ4n) is 3.74. The van der Waals surface area contributed by atoms with Crippen LogP contribution in [0.25, 0.3) is 0 Å². The molecule has 0 saturated heterocycles. The van der Waals surface area contributed by atoms with Crippen molar-refractivity contribution in [3.63, 3.8) is 0 Å². The molecule has 0 bridgehead atoms. The smallest absolute Gasteiger partial charge is 0.256 e. The van der Waals surface area contributed by atoms with E-state index in [2.05, 4.69) is 25.6 Å². The molecule has 34 heavy (non-hydrogen) atoms. The minimum absolute atomic E-state index is 0.244. The third-order valence-electron chi connectivity index (χ3n) is 5.34. The summed E-state index contributed by atoms with van der Waals surface area (Å²) in [6, 6.07) is 16.5. The lowest BCUT2D eigenvalue weighted by molar-refractivity contribution is -0.393. The van der Waals surface area contributed by atoms with Gasteiger partial charge in [0.15, 0.2) is 12.2 Å². The molecular weight excluding hydrogens is 470 g/mol. The van der Waals surface area contributed by atoms with Crippen molar-refractivity contribution in [1.29, 1.82) is 0 Å². The molecule has 1 unspecified atom stereocenters. The highest BCUT2D eigenvalue weighted by molar-refractivity contribution is 7.98. The zero-order valence-electron chi connectivity index (χ0n) is 18.2. The Bertz CT molecular complexity index is 1360. The number of aromatic amines is 1. The molecule has 0 saturated carbocycles. The first-order chi connectivity index (χ1) is 16.6. The normalized spacial score (nSPS) is 14.9. The Hall–Kier alpha value is -3.69. The van der Waals surface area contributed by atoms with Crippen molar-refractivity contribution in [2.24, 2.45) is 0 Å². The zero-order valence-corrected chi connectivity index (χ0v) is 19.8. The van der Waals surface area contributed by atoms with Gasteiger partial charge < -0.3 is 10.6 Å². The first-order valence-electron chi connectivity index (χ1n) is 10.6. The first kappa shape index (κ1) is 22.1. The average molecular weight is 491 g/mol. The second-order valence-electron chi connectivity index (χ2n) is 7.62. The summed E-state index contributed by atoms with van der Waals surface area (Å²) in [7, 11) is 0. The largest absolute Gasteiger partial charge is 0.328 e. The van der Waals surface area contributed by atoms with Crippen LogP contribution in [-0.4, -0.2) is 25.7 Å². The summed E-state index contributed by atoms with van der Waals surface area (Å²) in [6.07, 6.45) is 5.10. The van der Waals surface area contributed by atoms with E-state index >= 15 is 0 Å². The molecule has 8 nitrogen and oxygen atoms in total. The number of amides is 1. The molecule has 0 spiro atoms. The van der Waals surface area contributed by atoms with Crippen LogP contribution in [0.4, 0.5) is 11.6 Å². The van der Waals surface area contributed by atoms with Gasteiger partial charge in [-0.15, -0.1) is 5.10 Å². The summed E-state index contributed by atoms with van der Waals surface area (Å²) in [5.41, 5.74) is 3.67. The molecule has 4 aromatic rings. The number of anilines is 2. The SMILES string of the molecule is CC1=C(C(=O)Nc2cccnc2)C(c2cccc[nH+]2)n2nc(SCc3ccccc3Cl)nc2N1. The standard InChI is InChI=1S/C24H20ClN7OS/c1-15-20(22(33)29-17-8-6-11-26-13-17)21(19-10-4-5-12-27-19)32-23(28-15)30-24(31-32)34-14-16-7-2-3-9-18(16)25/h2-13,21H,14H2,1H3,(H,29,33)(H,28,30,31)/p+1. The molecule has 1 amide bonds. The maximum Gasteiger partial charge on any atom is 0.256 e. The molecule has 0 aliphatic carbocycles. The van der Waals surface area contributed by atoms with Crippen LogP contribution in [0.5, 0.6) is 0 Å². The van der Waals surface area contributed by atoms with Gasteiger partial charge in [-0.05, 0) is 30.7 Å². The Kier molecular flexibility index (Phi) is 6.29. The highest BCUT2D eigenvalue weighted by Gasteiger charge is 2.37. The molecule has 5 rings (SSSR count). The van der Waals surface area contributed by atoms with Crippen molar-refractivity contribution in [2.45, 2.75) is 23.9 Å². The van der Waals surface area contributed by atoms with E-state index in [0.717, 1.165) is 11.3 Å². The van der Waals surface area contributed by atoms with Gasteiger partial charge in [0.25, 0.3) is 5.91 Å². The number of nitrogens with zero attached hydrogens (tertiary/aromatic N) is 4. The van der Waals surface area contributed by atoms with Crippen LogP contribution in [0, 0.1) is 0 Å². The van der Waals surface area contributed by atoms with Gasteiger partial charge in [0, 0.05) is 34.8 Å². The number of hydrogen-bond donors (Lipinski definition) is 2. The van der Waals surface area contributed by atoms with Gasteiger partial charge in [-0.2, -0.15) is 4.98 Å².